The van der Waals surface area contributed by atoms with Crippen LogP contribution in [0.25, 0.3) is 0 Å². The van der Waals surface area contributed by atoms with Crippen LogP contribution in [0.5, 0.6) is 0 Å². The first-order valence-electron chi connectivity index (χ1n) is 6.51. The Morgan fingerprint density at radius 3 is 2.80 bits per heavy atom. The number of carboxylic acid groups (broad SMARTS) is 1. The molecule has 1 saturated heterocycles. The average molecular weight is 290 g/mol. The number of carbonyl (C=O) groups excluding carboxylic acids is 1. The Morgan fingerprint density at radius 1 is 1.50 bits per heavy atom. The highest BCUT2D eigenvalue weighted by Crippen LogP contribution is 2.48. The number of fused-ring (bicyclic) bond motifs is 1. The predicted octanol–water partition coefficient (Wildman–Crippen LogP) is 2.11. The molecule has 2 atom stereocenters. The van der Waals surface area contributed by atoms with Crippen LogP contribution in [-0.2, 0) is 9.59 Å². The van der Waals surface area contributed by atoms with Gasteiger partial charge in [-0.3, -0.25) is 9.78 Å². The maximum absolute atomic E-state index is 12.0. The van der Waals surface area contributed by atoms with E-state index in [9.17, 15) is 14.7 Å². The molecule has 2 unspecified atom stereocenters. The molecule has 2 aliphatic heterocycles. The van der Waals surface area contributed by atoms with Crippen LogP contribution in [0.2, 0.25) is 0 Å². The van der Waals surface area contributed by atoms with E-state index in [1.165, 1.54) is 16.7 Å². The first kappa shape index (κ1) is 13.2. The molecule has 104 valence electrons. The van der Waals surface area contributed by atoms with Gasteiger partial charge < -0.3 is 10.0 Å². The van der Waals surface area contributed by atoms with Crippen molar-refractivity contribution < 1.29 is 14.7 Å². The number of amides is 1. The smallest absolute Gasteiger partial charge is 0.353 e. The zero-order valence-corrected chi connectivity index (χ0v) is 11.8. The average Bonchev–Trinajstić information content (AvgIpc) is 2.76. The second-order valence-corrected chi connectivity index (χ2v) is 6.02. The summed E-state index contributed by atoms with van der Waals surface area (Å²) < 4.78 is 0. The molecule has 1 fully saturated rings. The molecule has 6 heteroatoms. The molecule has 1 amide bonds. The number of rotatable bonds is 4. The molecule has 3 rings (SSSR count). The molecule has 1 N–H and O–H groups in total. The molecule has 1 aromatic heterocycles. The number of carboxylic acids is 1. The first-order chi connectivity index (χ1) is 9.63. The van der Waals surface area contributed by atoms with Crippen LogP contribution in [0.15, 0.2) is 40.0 Å². The zero-order valence-electron chi connectivity index (χ0n) is 10.9. The molecule has 20 heavy (non-hydrogen) atoms. The van der Waals surface area contributed by atoms with Gasteiger partial charge in [-0.1, -0.05) is 18.7 Å². The third-order valence-corrected chi connectivity index (χ3v) is 4.90. The normalized spacial score (nSPS) is 24.6. The minimum absolute atomic E-state index is 0.0279. The topological polar surface area (TPSA) is 70.5 Å². The molecular weight excluding hydrogens is 276 g/mol. The third-order valence-electron chi connectivity index (χ3n) is 3.78. The van der Waals surface area contributed by atoms with Gasteiger partial charge >= 0.3 is 5.97 Å². The number of hydrogen-bond donors (Lipinski definition) is 1. The number of aromatic nitrogens is 1. The lowest BCUT2D eigenvalue weighted by atomic mass is 9.85. The van der Waals surface area contributed by atoms with E-state index in [0.717, 1.165) is 16.2 Å². The molecule has 5 nitrogen and oxygen atoms in total. The van der Waals surface area contributed by atoms with Crippen molar-refractivity contribution in [3.63, 3.8) is 0 Å². The Hall–Kier alpha value is -1.82. The molecule has 0 aliphatic carbocycles. The number of carbonyl (C=O) groups is 2. The lowest BCUT2D eigenvalue weighted by Crippen LogP contribution is -2.58. The lowest BCUT2D eigenvalue weighted by Gasteiger charge is -2.42. The highest BCUT2D eigenvalue weighted by atomic mass is 32.2. The van der Waals surface area contributed by atoms with E-state index in [1.807, 2.05) is 19.1 Å². The Kier molecular flexibility index (Phi) is 3.25. The van der Waals surface area contributed by atoms with Crippen molar-refractivity contribution in [3.8, 4) is 0 Å². The summed E-state index contributed by atoms with van der Waals surface area (Å²) in [5.74, 6) is -1.10. The Bertz CT molecular complexity index is 600. The SMILES string of the molecule is CCC1C(=O)N2C(C(=O)O)=C(Sc3ccncc3)CC12. The molecule has 2 aliphatic rings. The number of pyridine rings is 1. The van der Waals surface area contributed by atoms with E-state index in [4.69, 9.17) is 0 Å². The monoisotopic (exact) mass is 290 g/mol. The van der Waals surface area contributed by atoms with Crippen LogP contribution in [0.3, 0.4) is 0 Å². The van der Waals surface area contributed by atoms with Crippen LogP contribution < -0.4 is 0 Å². The maximum atomic E-state index is 12.0. The Morgan fingerprint density at radius 2 is 2.20 bits per heavy atom. The summed E-state index contributed by atoms with van der Waals surface area (Å²) >= 11 is 1.41. The molecule has 0 aromatic carbocycles. The summed E-state index contributed by atoms with van der Waals surface area (Å²) in [4.78, 5) is 30.6. The van der Waals surface area contributed by atoms with Gasteiger partial charge in [0.15, 0.2) is 0 Å². The second kappa shape index (κ2) is 4.94. The van der Waals surface area contributed by atoms with Gasteiger partial charge in [0, 0.05) is 28.6 Å². The molecule has 0 spiro atoms. The van der Waals surface area contributed by atoms with E-state index in [-0.39, 0.29) is 23.6 Å². The van der Waals surface area contributed by atoms with Crippen LogP contribution in [0, 0.1) is 5.92 Å². The number of hydrogen-bond acceptors (Lipinski definition) is 4. The standard InChI is InChI=1S/C14H14N2O3S/c1-2-9-10-7-11(20-8-3-5-15-6-4-8)12(14(18)19)16(10)13(9)17/h3-6,9-10H,2,7H2,1H3,(H,18,19). The first-order valence-corrected chi connectivity index (χ1v) is 7.32. The second-order valence-electron chi connectivity index (χ2n) is 4.86. The van der Waals surface area contributed by atoms with Crippen LogP contribution >= 0.6 is 11.8 Å². The van der Waals surface area contributed by atoms with E-state index >= 15 is 0 Å². The van der Waals surface area contributed by atoms with Crippen LogP contribution in [0.4, 0.5) is 0 Å². The summed E-state index contributed by atoms with van der Waals surface area (Å²) in [7, 11) is 0. The number of β-lactam (4-membered cyclic amide) rings is 1. The minimum Gasteiger partial charge on any atom is -0.477 e. The largest absolute Gasteiger partial charge is 0.477 e. The molecule has 0 radical (unpaired) electrons. The fraction of sp³-hybridized carbons (Fsp3) is 0.357. The molecule has 0 bridgehead atoms. The van der Waals surface area contributed by atoms with E-state index in [2.05, 4.69) is 4.98 Å². The molecule has 0 saturated carbocycles. The van der Waals surface area contributed by atoms with Gasteiger partial charge in [0.1, 0.15) is 5.70 Å². The summed E-state index contributed by atoms with van der Waals surface area (Å²) in [6.07, 6.45) is 4.75. The maximum Gasteiger partial charge on any atom is 0.353 e. The minimum atomic E-state index is -1.02. The predicted molar refractivity (Wildman–Crippen MR) is 73.8 cm³/mol. The van der Waals surface area contributed by atoms with Gasteiger partial charge in [0.2, 0.25) is 5.91 Å². The van der Waals surface area contributed by atoms with Crippen molar-refractivity contribution in [2.45, 2.75) is 30.7 Å². The summed E-state index contributed by atoms with van der Waals surface area (Å²) in [5.41, 5.74) is 0.159. The summed E-state index contributed by atoms with van der Waals surface area (Å²) in [6.45, 7) is 1.97. The van der Waals surface area contributed by atoms with E-state index in [0.29, 0.717) is 6.42 Å². The lowest BCUT2D eigenvalue weighted by molar-refractivity contribution is -0.155. The van der Waals surface area contributed by atoms with Gasteiger partial charge in [-0.2, -0.15) is 0 Å². The zero-order chi connectivity index (χ0) is 14.3. The highest BCUT2D eigenvalue weighted by molar-refractivity contribution is 8.03. The summed E-state index contributed by atoms with van der Waals surface area (Å²) in [5, 5.41) is 9.38. The van der Waals surface area contributed by atoms with E-state index in [1.54, 1.807) is 12.4 Å². The molecular formula is C14H14N2O3S. The van der Waals surface area contributed by atoms with Crippen molar-refractivity contribution >= 4 is 23.6 Å². The third kappa shape index (κ3) is 1.91. The van der Waals surface area contributed by atoms with Gasteiger partial charge in [-0.05, 0) is 18.6 Å². The van der Waals surface area contributed by atoms with Crippen LogP contribution in [-0.4, -0.2) is 32.9 Å². The molecule has 3 heterocycles. The fourth-order valence-electron chi connectivity index (χ4n) is 2.84. The fourth-order valence-corrected chi connectivity index (χ4v) is 3.92. The molecule has 1 aromatic rings. The van der Waals surface area contributed by atoms with Gasteiger partial charge in [0.05, 0.1) is 12.0 Å². The highest BCUT2D eigenvalue weighted by Gasteiger charge is 2.54. The van der Waals surface area contributed by atoms with Gasteiger partial charge in [-0.15, -0.1) is 0 Å². The van der Waals surface area contributed by atoms with Crippen molar-refractivity contribution in [1.29, 1.82) is 0 Å². The van der Waals surface area contributed by atoms with Gasteiger partial charge in [0.25, 0.3) is 0 Å². The van der Waals surface area contributed by atoms with Crippen molar-refractivity contribution in [3.05, 3.63) is 35.1 Å². The Labute approximate surface area is 120 Å². The number of nitrogens with zero attached hydrogens (tertiary/aromatic N) is 2. The quantitative estimate of drug-likeness (QED) is 0.860. The van der Waals surface area contributed by atoms with E-state index < -0.39 is 5.97 Å². The number of aliphatic carboxylic acids is 1. The van der Waals surface area contributed by atoms with Gasteiger partial charge in [-0.25, -0.2) is 4.79 Å². The van der Waals surface area contributed by atoms with Crippen molar-refractivity contribution in [1.82, 2.24) is 9.88 Å². The summed E-state index contributed by atoms with van der Waals surface area (Å²) in [6, 6.07) is 3.71. The van der Waals surface area contributed by atoms with Crippen molar-refractivity contribution in [2.75, 3.05) is 0 Å². The van der Waals surface area contributed by atoms with Crippen LogP contribution in [0.1, 0.15) is 19.8 Å². The Balaban J connectivity index is 1.90. The number of thioether (sulfide) groups is 1. The van der Waals surface area contributed by atoms with Crippen molar-refractivity contribution in [2.24, 2.45) is 5.92 Å².